The molecule has 4 heteroatoms. The van der Waals surface area contributed by atoms with Gasteiger partial charge in [0, 0.05) is 18.5 Å². The van der Waals surface area contributed by atoms with Crippen molar-refractivity contribution in [2.45, 2.75) is 20.3 Å². The Balaban J connectivity index is 2.37. The van der Waals surface area contributed by atoms with Crippen molar-refractivity contribution in [1.82, 2.24) is 4.98 Å². The van der Waals surface area contributed by atoms with Gasteiger partial charge in [-0.1, -0.05) is 18.2 Å². The van der Waals surface area contributed by atoms with Gasteiger partial charge in [0.25, 0.3) is 0 Å². The standard InChI is InChI=1S/C17H19N3O/c1-12-10-17(15(11-18)13(2)19-12)20-16-7-5-4-6-14(16)8-9-21-3/h4-7,10H,8-9H2,1-3H3,(H,19,20). The van der Waals surface area contributed by atoms with Gasteiger partial charge in [-0.3, -0.25) is 4.98 Å². The van der Waals surface area contributed by atoms with Crippen LogP contribution in [0.1, 0.15) is 22.5 Å². The number of pyridine rings is 1. The lowest BCUT2D eigenvalue weighted by Crippen LogP contribution is -2.03. The van der Waals surface area contributed by atoms with Crippen molar-refractivity contribution in [1.29, 1.82) is 5.26 Å². The molecule has 0 radical (unpaired) electrons. The molecule has 2 rings (SSSR count). The molecule has 4 nitrogen and oxygen atoms in total. The van der Waals surface area contributed by atoms with Gasteiger partial charge >= 0.3 is 0 Å². The number of nitrogens with zero attached hydrogens (tertiary/aromatic N) is 2. The van der Waals surface area contributed by atoms with Crippen LogP contribution < -0.4 is 5.32 Å². The fourth-order valence-corrected chi connectivity index (χ4v) is 2.29. The third-order valence-electron chi connectivity index (χ3n) is 3.30. The SMILES string of the molecule is COCCc1ccccc1Nc1cc(C)nc(C)c1C#N. The van der Waals surface area contributed by atoms with Crippen LogP contribution in [0.2, 0.25) is 0 Å². The summed E-state index contributed by atoms with van der Waals surface area (Å²) in [6.07, 6.45) is 0.824. The van der Waals surface area contributed by atoms with Crippen LogP contribution in [-0.4, -0.2) is 18.7 Å². The molecule has 1 aromatic heterocycles. The highest BCUT2D eigenvalue weighted by molar-refractivity contribution is 5.69. The summed E-state index contributed by atoms with van der Waals surface area (Å²) >= 11 is 0. The highest BCUT2D eigenvalue weighted by atomic mass is 16.5. The molecule has 0 aliphatic rings. The fourth-order valence-electron chi connectivity index (χ4n) is 2.29. The Morgan fingerprint density at radius 1 is 1.24 bits per heavy atom. The summed E-state index contributed by atoms with van der Waals surface area (Å²) in [7, 11) is 1.69. The van der Waals surface area contributed by atoms with Crippen LogP contribution in [0.4, 0.5) is 11.4 Å². The molecule has 1 heterocycles. The van der Waals surface area contributed by atoms with Crippen molar-refractivity contribution >= 4 is 11.4 Å². The number of aromatic nitrogens is 1. The number of nitrogens with one attached hydrogen (secondary N) is 1. The fraction of sp³-hybridized carbons (Fsp3) is 0.294. The number of nitriles is 1. The first-order valence-corrected chi connectivity index (χ1v) is 6.88. The summed E-state index contributed by atoms with van der Waals surface area (Å²) in [5, 5.41) is 12.7. The molecular formula is C17H19N3O. The Morgan fingerprint density at radius 2 is 2.00 bits per heavy atom. The average Bonchev–Trinajstić information content (AvgIpc) is 2.46. The molecule has 0 aliphatic carbocycles. The van der Waals surface area contributed by atoms with Gasteiger partial charge in [-0.25, -0.2) is 0 Å². The Kier molecular flexibility index (Phi) is 4.91. The number of hydrogen-bond donors (Lipinski definition) is 1. The van der Waals surface area contributed by atoms with Crippen molar-refractivity contribution in [3.05, 3.63) is 52.8 Å². The van der Waals surface area contributed by atoms with Crippen molar-refractivity contribution in [3.8, 4) is 6.07 Å². The molecule has 0 unspecified atom stereocenters. The predicted octanol–water partition coefficient (Wildman–Crippen LogP) is 3.50. The number of rotatable bonds is 5. The van der Waals surface area contributed by atoms with E-state index in [0.29, 0.717) is 12.2 Å². The van der Waals surface area contributed by atoms with E-state index in [1.807, 2.05) is 38.1 Å². The number of hydrogen-bond acceptors (Lipinski definition) is 4. The predicted molar refractivity (Wildman–Crippen MR) is 83.7 cm³/mol. The Hall–Kier alpha value is -2.38. The highest BCUT2D eigenvalue weighted by Gasteiger charge is 2.10. The maximum Gasteiger partial charge on any atom is 0.103 e. The lowest BCUT2D eigenvalue weighted by molar-refractivity contribution is 0.202. The number of para-hydroxylation sites is 1. The second-order valence-electron chi connectivity index (χ2n) is 4.91. The number of anilines is 2. The lowest BCUT2D eigenvalue weighted by Gasteiger charge is -2.14. The molecule has 0 amide bonds. The van der Waals surface area contributed by atoms with Gasteiger partial charge in [0.2, 0.25) is 0 Å². The van der Waals surface area contributed by atoms with Crippen LogP contribution in [0.5, 0.6) is 0 Å². The topological polar surface area (TPSA) is 57.9 Å². The third kappa shape index (κ3) is 3.59. The van der Waals surface area contributed by atoms with Crippen molar-refractivity contribution < 1.29 is 4.74 Å². The van der Waals surface area contributed by atoms with E-state index in [2.05, 4.69) is 22.4 Å². The zero-order valence-corrected chi connectivity index (χ0v) is 12.6. The molecule has 108 valence electrons. The van der Waals surface area contributed by atoms with Gasteiger partial charge in [-0.2, -0.15) is 5.26 Å². The molecule has 1 N–H and O–H groups in total. The Morgan fingerprint density at radius 3 is 2.71 bits per heavy atom. The first-order valence-electron chi connectivity index (χ1n) is 6.88. The highest BCUT2D eigenvalue weighted by Crippen LogP contribution is 2.25. The van der Waals surface area contributed by atoms with E-state index < -0.39 is 0 Å². The van der Waals surface area contributed by atoms with Gasteiger partial charge in [-0.15, -0.1) is 0 Å². The molecule has 0 spiro atoms. The zero-order valence-electron chi connectivity index (χ0n) is 12.6. The quantitative estimate of drug-likeness (QED) is 0.911. The summed E-state index contributed by atoms with van der Waals surface area (Å²) in [6.45, 7) is 4.45. The van der Waals surface area contributed by atoms with Crippen molar-refractivity contribution in [2.75, 3.05) is 19.0 Å². The second kappa shape index (κ2) is 6.87. The number of aryl methyl sites for hydroxylation is 2. The molecule has 0 saturated heterocycles. The maximum atomic E-state index is 9.33. The smallest absolute Gasteiger partial charge is 0.103 e. The molecule has 1 aromatic carbocycles. The summed E-state index contributed by atoms with van der Waals surface area (Å²) in [4.78, 5) is 4.34. The summed E-state index contributed by atoms with van der Waals surface area (Å²) in [5.41, 5.74) is 5.18. The third-order valence-corrected chi connectivity index (χ3v) is 3.30. The monoisotopic (exact) mass is 281 g/mol. The first kappa shape index (κ1) is 15.0. The number of benzene rings is 1. The summed E-state index contributed by atoms with van der Waals surface area (Å²) < 4.78 is 5.14. The van der Waals surface area contributed by atoms with E-state index in [9.17, 15) is 5.26 Å². The molecule has 0 fully saturated rings. The van der Waals surface area contributed by atoms with Gasteiger partial charge in [-0.05, 0) is 38.0 Å². The molecule has 0 saturated carbocycles. The van der Waals surface area contributed by atoms with Crippen LogP contribution in [-0.2, 0) is 11.2 Å². The molecular weight excluding hydrogens is 262 g/mol. The van der Waals surface area contributed by atoms with Gasteiger partial charge < -0.3 is 10.1 Å². The Bertz CT molecular complexity index is 674. The van der Waals surface area contributed by atoms with E-state index in [1.165, 1.54) is 0 Å². The first-order chi connectivity index (χ1) is 10.2. The van der Waals surface area contributed by atoms with Gasteiger partial charge in [0.15, 0.2) is 0 Å². The van der Waals surface area contributed by atoms with Crippen molar-refractivity contribution in [2.24, 2.45) is 0 Å². The lowest BCUT2D eigenvalue weighted by atomic mass is 10.1. The van der Waals surface area contributed by atoms with Crippen LogP contribution in [0.15, 0.2) is 30.3 Å². The zero-order chi connectivity index (χ0) is 15.2. The summed E-state index contributed by atoms with van der Waals surface area (Å²) in [5.74, 6) is 0. The largest absolute Gasteiger partial charge is 0.384 e. The molecule has 0 atom stereocenters. The minimum absolute atomic E-state index is 0.585. The number of ether oxygens (including phenoxy) is 1. The van der Waals surface area contributed by atoms with E-state index in [-0.39, 0.29) is 0 Å². The summed E-state index contributed by atoms with van der Waals surface area (Å²) in [6, 6.07) is 12.2. The minimum Gasteiger partial charge on any atom is -0.384 e. The van der Waals surface area contributed by atoms with E-state index >= 15 is 0 Å². The van der Waals surface area contributed by atoms with Crippen LogP contribution >= 0.6 is 0 Å². The molecule has 0 aliphatic heterocycles. The minimum atomic E-state index is 0.585. The van der Waals surface area contributed by atoms with E-state index in [0.717, 1.165) is 34.7 Å². The number of methoxy groups -OCH3 is 1. The van der Waals surface area contributed by atoms with Crippen molar-refractivity contribution in [3.63, 3.8) is 0 Å². The van der Waals surface area contributed by atoms with E-state index in [1.54, 1.807) is 7.11 Å². The van der Waals surface area contributed by atoms with Gasteiger partial charge in [0.05, 0.1) is 23.6 Å². The Labute approximate surface area is 125 Å². The average molecular weight is 281 g/mol. The van der Waals surface area contributed by atoms with E-state index in [4.69, 9.17) is 4.74 Å². The van der Waals surface area contributed by atoms with Crippen LogP contribution in [0.3, 0.4) is 0 Å². The normalized spacial score (nSPS) is 10.2. The molecule has 2 aromatic rings. The molecule has 21 heavy (non-hydrogen) atoms. The molecule has 0 bridgehead atoms. The van der Waals surface area contributed by atoms with Gasteiger partial charge in [0.1, 0.15) is 6.07 Å². The maximum absolute atomic E-state index is 9.33. The van der Waals surface area contributed by atoms with Crippen LogP contribution in [0, 0.1) is 25.2 Å². The second-order valence-corrected chi connectivity index (χ2v) is 4.91. The van der Waals surface area contributed by atoms with Crippen LogP contribution in [0.25, 0.3) is 0 Å².